The number of carbonyl (C=O) groups excluding carboxylic acids is 2. The molecule has 1 aromatic rings. The number of furan rings is 1. The van der Waals surface area contributed by atoms with Crippen molar-refractivity contribution in [2.75, 3.05) is 13.6 Å². The summed E-state index contributed by atoms with van der Waals surface area (Å²) < 4.78 is 5.06. The first-order valence-electron chi connectivity index (χ1n) is 7.42. The summed E-state index contributed by atoms with van der Waals surface area (Å²) in [5.74, 6) is 0.349. The fourth-order valence-corrected chi connectivity index (χ4v) is 1.93. The summed E-state index contributed by atoms with van der Waals surface area (Å²) >= 11 is 0. The van der Waals surface area contributed by atoms with Crippen LogP contribution in [0, 0.1) is 11.8 Å². The first-order valence-corrected chi connectivity index (χ1v) is 7.42. The van der Waals surface area contributed by atoms with Gasteiger partial charge in [0.25, 0.3) is 5.91 Å². The maximum Gasteiger partial charge on any atom is 0.287 e. The molecule has 0 aliphatic rings. The van der Waals surface area contributed by atoms with Crippen LogP contribution in [0.1, 0.15) is 44.7 Å². The second kappa shape index (κ2) is 7.86. The minimum Gasteiger partial charge on any atom is -0.459 e. The molecule has 0 saturated heterocycles. The zero-order valence-corrected chi connectivity index (χ0v) is 13.6. The van der Waals surface area contributed by atoms with Crippen molar-refractivity contribution in [3.05, 3.63) is 24.2 Å². The van der Waals surface area contributed by atoms with Crippen LogP contribution in [-0.4, -0.2) is 36.3 Å². The van der Waals surface area contributed by atoms with Crippen molar-refractivity contribution in [2.45, 2.75) is 40.2 Å². The van der Waals surface area contributed by atoms with Crippen LogP contribution in [0.5, 0.6) is 0 Å². The van der Waals surface area contributed by atoms with E-state index in [9.17, 15) is 9.59 Å². The molecule has 1 aromatic heterocycles. The largest absolute Gasteiger partial charge is 0.459 e. The Balaban J connectivity index is 2.68. The first-order chi connectivity index (χ1) is 9.82. The van der Waals surface area contributed by atoms with E-state index in [0.29, 0.717) is 12.5 Å². The van der Waals surface area contributed by atoms with Crippen LogP contribution in [0.25, 0.3) is 0 Å². The van der Waals surface area contributed by atoms with Crippen molar-refractivity contribution < 1.29 is 14.0 Å². The highest BCUT2D eigenvalue weighted by atomic mass is 16.3. The van der Waals surface area contributed by atoms with Gasteiger partial charge >= 0.3 is 0 Å². The molecule has 2 amide bonds. The SMILES string of the molecule is CC(C)CCN(C)C(=O)C(NC(=O)c1ccco1)C(C)C. The Morgan fingerprint density at radius 2 is 1.95 bits per heavy atom. The summed E-state index contributed by atoms with van der Waals surface area (Å²) in [5.41, 5.74) is 0. The Morgan fingerprint density at radius 3 is 2.43 bits per heavy atom. The van der Waals surface area contributed by atoms with Gasteiger partial charge in [0.2, 0.25) is 5.91 Å². The number of likely N-dealkylation sites (N-methyl/N-ethyl adjacent to an activating group) is 1. The molecule has 21 heavy (non-hydrogen) atoms. The minimum atomic E-state index is -0.542. The molecule has 0 fully saturated rings. The molecule has 5 nitrogen and oxygen atoms in total. The van der Waals surface area contributed by atoms with Gasteiger partial charge in [0, 0.05) is 13.6 Å². The Labute approximate surface area is 126 Å². The number of hydrogen-bond donors (Lipinski definition) is 1. The van der Waals surface area contributed by atoms with Crippen molar-refractivity contribution in [2.24, 2.45) is 11.8 Å². The molecule has 1 unspecified atom stereocenters. The lowest BCUT2D eigenvalue weighted by atomic mass is 10.0. The summed E-state index contributed by atoms with van der Waals surface area (Å²) in [6.45, 7) is 8.77. The van der Waals surface area contributed by atoms with Gasteiger partial charge in [-0.3, -0.25) is 9.59 Å². The van der Waals surface area contributed by atoms with Crippen molar-refractivity contribution in [1.29, 1.82) is 0 Å². The molecule has 0 bridgehead atoms. The average molecular weight is 294 g/mol. The van der Waals surface area contributed by atoms with E-state index in [-0.39, 0.29) is 23.5 Å². The van der Waals surface area contributed by atoms with Gasteiger partial charge in [-0.15, -0.1) is 0 Å². The van der Waals surface area contributed by atoms with E-state index in [1.54, 1.807) is 24.1 Å². The normalized spacial score (nSPS) is 12.5. The van der Waals surface area contributed by atoms with Crippen LogP contribution < -0.4 is 5.32 Å². The number of nitrogens with zero attached hydrogens (tertiary/aromatic N) is 1. The van der Waals surface area contributed by atoms with E-state index in [4.69, 9.17) is 4.42 Å². The summed E-state index contributed by atoms with van der Waals surface area (Å²) in [5, 5.41) is 2.76. The Kier molecular flexibility index (Phi) is 6.46. The van der Waals surface area contributed by atoms with Crippen LogP contribution in [0.15, 0.2) is 22.8 Å². The highest BCUT2D eigenvalue weighted by molar-refractivity contribution is 5.95. The molecule has 1 rings (SSSR count). The summed E-state index contributed by atoms with van der Waals surface area (Å²) in [6.07, 6.45) is 2.38. The third-order valence-corrected chi connectivity index (χ3v) is 3.38. The molecule has 1 heterocycles. The van der Waals surface area contributed by atoms with Crippen LogP contribution in [-0.2, 0) is 4.79 Å². The number of amides is 2. The zero-order chi connectivity index (χ0) is 16.0. The van der Waals surface area contributed by atoms with Crippen molar-refractivity contribution in [3.8, 4) is 0 Å². The molecule has 0 aliphatic carbocycles. The number of nitrogens with one attached hydrogen (secondary N) is 1. The molecule has 1 atom stereocenters. The first kappa shape index (κ1) is 17.3. The van der Waals surface area contributed by atoms with Crippen LogP contribution in [0.3, 0.4) is 0 Å². The van der Waals surface area contributed by atoms with Gasteiger partial charge in [-0.05, 0) is 30.4 Å². The molecule has 118 valence electrons. The molecule has 0 aliphatic heterocycles. The van der Waals surface area contributed by atoms with Gasteiger partial charge in [0.1, 0.15) is 6.04 Å². The number of hydrogen-bond acceptors (Lipinski definition) is 3. The lowest BCUT2D eigenvalue weighted by molar-refractivity contribution is -0.133. The van der Waals surface area contributed by atoms with Gasteiger partial charge in [0.15, 0.2) is 5.76 Å². The molecule has 5 heteroatoms. The summed E-state index contributed by atoms with van der Waals surface area (Å²) in [6, 6.07) is 2.69. The predicted octanol–water partition coefficient (Wildman–Crippen LogP) is 2.54. The lowest BCUT2D eigenvalue weighted by Crippen LogP contribution is -2.50. The number of rotatable bonds is 7. The maximum atomic E-state index is 12.5. The Bertz CT molecular complexity index is 452. The fraction of sp³-hybridized carbons (Fsp3) is 0.625. The quantitative estimate of drug-likeness (QED) is 0.840. The van der Waals surface area contributed by atoms with Gasteiger partial charge in [-0.25, -0.2) is 0 Å². The standard InChI is InChI=1S/C16H26N2O3/c1-11(2)8-9-18(5)16(20)14(12(3)4)17-15(19)13-7-6-10-21-13/h6-7,10-12,14H,8-9H2,1-5H3,(H,17,19). The molecule has 0 aromatic carbocycles. The predicted molar refractivity (Wildman–Crippen MR) is 81.9 cm³/mol. The third kappa shape index (κ3) is 5.25. The Hall–Kier alpha value is -1.78. The van der Waals surface area contributed by atoms with E-state index in [1.165, 1.54) is 6.26 Å². The molecule has 0 radical (unpaired) electrons. The molecule has 0 saturated carbocycles. The second-order valence-electron chi connectivity index (χ2n) is 6.11. The number of carbonyl (C=O) groups is 2. The zero-order valence-electron chi connectivity index (χ0n) is 13.6. The smallest absolute Gasteiger partial charge is 0.287 e. The maximum absolute atomic E-state index is 12.5. The highest BCUT2D eigenvalue weighted by Gasteiger charge is 2.27. The van der Waals surface area contributed by atoms with Gasteiger partial charge in [0.05, 0.1) is 6.26 Å². The average Bonchev–Trinajstić information content (AvgIpc) is 2.94. The third-order valence-electron chi connectivity index (χ3n) is 3.38. The minimum absolute atomic E-state index is 0.0120. The van der Waals surface area contributed by atoms with Crippen molar-refractivity contribution in [3.63, 3.8) is 0 Å². The summed E-state index contributed by atoms with van der Waals surface area (Å²) in [4.78, 5) is 26.2. The van der Waals surface area contributed by atoms with E-state index in [1.807, 2.05) is 13.8 Å². The van der Waals surface area contributed by atoms with Crippen molar-refractivity contribution >= 4 is 11.8 Å². The second-order valence-corrected chi connectivity index (χ2v) is 6.11. The summed E-state index contributed by atoms with van der Waals surface area (Å²) in [7, 11) is 1.78. The molecule has 1 N–H and O–H groups in total. The monoisotopic (exact) mass is 294 g/mol. The molecular formula is C16H26N2O3. The lowest BCUT2D eigenvalue weighted by Gasteiger charge is -2.27. The van der Waals surface area contributed by atoms with E-state index < -0.39 is 6.04 Å². The topological polar surface area (TPSA) is 62.6 Å². The fourth-order valence-electron chi connectivity index (χ4n) is 1.93. The van der Waals surface area contributed by atoms with Gasteiger partial charge < -0.3 is 14.6 Å². The van der Waals surface area contributed by atoms with Crippen LogP contribution >= 0.6 is 0 Å². The Morgan fingerprint density at radius 1 is 1.29 bits per heavy atom. The molecular weight excluding hydrogens is 268 g/mol. The van der Waals surface area contributed by atoms with E-state index in [2.05, 4.69) is 19.2 Å². The highest BCUT2D eigenvalue weighted by Crippen LogP contribution is 2.09. The van der Waals surface area contributed by atoms with E-state index >= 15 is 0 Å². The van der Waals surface area contributed by atoms with Crippen LogP contribution in [0.2, 0.25) is 0 Å². The van der Waals surface area contributed by atoms with Gasteiger partial charge in [-0.2, -0.15) is 0 Å². The van der Waals surface area contributed by atoms with Gasteiger partial charge in [-0.1, -0.05) is 27.7 Å². The van der Waals surface area contributed by atoms with E-state index in [0.717, 1.165) is 6.42 Å². The van der Waals surface area contributed by atoms with Crippen LogP contribution in [0.4, 0.5) is 0 Å². The molecule has 0 spiro atoms. The van der Waals surface area contributed by atoms with Crippen molar-refractivity contribution in [1.82, 2.24) is 10.2 Å².